The van der Waals surface area contributed by atoms with E-state index in [1.807, 2.05) is 4.72 Å². The fourth-order valence-electron chi connectivity index (χ4n) is 1.72. The lowest BCUT2D eigenvalue weighted by atomic mass is 10.3. The van der Waals surface area contributed by atoms with Gasteiger partial charge in [-0.3, -0.25) is 0 Å². The number of nitrogens with one attached hydrogen (secondary N) is 1. The number of benzene rings is 1. The standard InChI is InChI=1S/C14H18BrNO7S/c1-4-22-13(17)12(14(18)23-5-2)16-24(19,20)11-8-9(15)6-7-10(11)21-3/h6-8,12,16H,4-5H2,1-3H3. The molecule has 0 spiro atoms. The highest BCUT2D eigenvalue weighted by Crippen LogP contribution is 2.27. The van der Waals surface area contributed by atoms with Crippen LogP contribution in [-0.2, 0) is 29.1 Å². The third-order valence-electron chi connectivity index (χ3n) is 2.73. The van der Waals surface area contributed by atoms with Crippen molar-refractivity contribution in [1.82, 2.24) is 4.72 Å². The molecule has 0 aliphatic carbocycles. The van der Waals surface area contributed by atoms with E-state index in [0.29, 0.717) is 4.47 Å². The van der Waals surface area contributed by atoms with Gasteiger partial charge in [0.25, 0.3) is 0 Å². The summed E-state index contributed by atoms with van der Waals surface area (Å²) < 4.78 is 42.1. The number of rotatable bonds is 8. The molecular weight excluding hydrogens is 406 g/mol. The van der Waals surface area contributed by atoms with Gasteiger partial charge in [-0.25, -0.2) is 18.0 Å². The van der Waals surface area contributed by atoms with Gasteiger partial charge in [-0.15, -0.1) is 0 Å². The average molecular weight is 424 g/mol. The fraction of sp³-hybridized carbons (Fsp3) is 0.429. The third kappa shape index (κ3) is 5.18. The van der Waals surface area contributed by atoms with E-state index in [0.717, 1.165) is 0 Å². The normalized spacial score (nSPS) is 11.2. The monoisotopic (exact) mass is 423 g/mol. The predicted molar refractivity (Wildman–Crippen MR) is 88.1 cm³/mol. The second-order valence-corrected chi connectivity index (χ2v) is 6.95. The van der Waals surface area contributed by atoms with Crippen molar-refractivity contribution in [1.29, 1.82) is 0 Å². The van der Waals surface area contributed by atoms with Crippen LogP contribution in [0, 0.1) is 0 Å². The largest absolute Gasteiger partial charge is 0.495 e. The molecule has 8 nitrogen and oxygen atoms in total. The molecule has 1 rings (SSSR count). The molecule has 0 saturated carbocycles. The number of ether oxygens (including phenoxy) is 3. The molecule has 0 saturated heterocycles. The van der Waals surface area contributed by atoms with Gasteiger partial charge >= 0.3 is 11.9 Å². The van der Waals surface area contributed by atoms with E-state index in [1.54, 1.807) is 6.07 Å². The van der Waals surface area contributed by atoms with Gasteiger partial charge in [0.15, 0.2) is 0 Å². The van der Waals surface area contributed by atoms with Gasteiger partial charge in [-0.05, 0) is 32.0 Å². The van der Waals surface area contributed by atoms with Gasteiger partial charge in [0.05, 0.1) is 20.3 Å². The van der Waals surface area contributed by atoms with E-state index in [2.05, 4.69) is 15.9 Å². The highest BCUT2D eigenvalue weighted by molar-refractivity contribution is 9.10. The first kappa shape index (κ1) is 20.4. The van der Waals surface area contributed by atoms with Crippen LogP contribution in [-0.4, -0.2) is 46.7 Å². The maximum atomic E-state index is 12.6. The second-order valence-electron chi connectivity index (χ2n) is 4.35. The topological polar surface area (TPSA) is 108 Å². The molecule has 0 aromatic heterocycles. The minimum atomic E-state index is -4.26. The van der Waals surface area contributed by atoms with Crippen LogP contribution in [0.4, 0.5) is 0 Å². The summed E-state index contributed by atoms with van der Waals surface area (Å²) in [6.45, 7) is 3.03. The summed E-state index contributed by atoms with van der Waals surface area (Å²) in [6, 6.07) is 2.50. The average Bonchev–Trinajstić information content (AvgIpc) is 2.53. The molecule has 0 bridgehead atoms. The van der Waals surface area contributed by atoms with E-state index >= 15 is 0 Å². The first-order valence-electron chi connectivity index (χ1n) is 6.96. The Morgan fingerprint density at radius 3 is 2.17 bits per heavy atom. The third-order valence-corrected chi connectivity index (χ3v) is 4.67. The van der Waals surface area contributed by atoms with E-state index < -0.39 is 28.0 Å². The summed E-state index contributed by atoms with van der Waals surface area (Å²) in [7, 11) is -2.96. The molecule has 0 fully saturated rings. The summed E-state index contributed by atoms with van der Waals surface area (Å²) in [5.41, 5.74) is 0. The van der Waals surface area contributed by atoms with Gasteiger partial charge < -0.3 is 14.2 Å². The van der Waals surface area contributed by atoms with Crippen LogP contribution in [0.2, 0.25) is 0 Å². The molecule has 1 aromatic rings. The number of esters is 2. The van der Waals surface area contributed by atoms with Crippen molar-refractivity contribution in [2.45, 2.75) is 24.8 Å². The number of halogens is 1. The molecule has 0 aliphatic rings. The number of hydrogen-bond donors (Lipinski definition) is 1. The van der Waals surface area contributed by atoms with Crippen LogP contribution in [0.15, 0.2) is 27.6 Å². The van der Waals surface area contributed by atoms with Gasteiger partial charge in [0.1, 0.15) is 10.6 Å². The minimum absolute atomic E-state index is 0.0172. The van der Waals surface area contributed by atoms with Crippen LogP contribution in [0.5, 0.6) is 5.75 Å². The molecule has 0 heterocycles. The van der Waals surface area contributed by atoms with Crippen molar-refractivity contribution in [2.24, 2.45) is 0 Å². The van der Waals surface area contributed by atoms with E-state index in [4.69, 9.17) is 14.2 Å². The Hall–Kier alpha value is -1.65. The molecule has 1 aromatic carbocycles. The quantitative estimate of drug-likeness (QED) is 0.494. The first-order valence-corrected chi connectivity index (χ1v) is 9.23. The number of sulfonamides is 1. The van der Waals surface area contributed by atoms with Crippen LogP contribution < -0.4 is 9.46 Å². The summed E-state index contributed by atoms with van der Waals surface area (Å²) in [5, 5.41) is 0. The fourth-order valence-corrected chi connectivity index (χ4v) is 3.56. The Kier molecular flexibility index (Phi) is 7.64. The molecule has 10 heteroatoms. The molecule has 0 aliphatic heterocycles. The van der Waals surface area contributed by atoms with Crippen molar-refractivity contribution in [2.75, 3.05) is 20.3 Å². The van der Waals surface area contributed by atoms with E-state index in [9.17, 15) is 18.0 Å². The predicted octanol–water partition coefficient (Wildman–Crippen LogP) is 1.23. The lowest BCUT2D eigenvalue weighted by Gasteiger charge is -2.17. The summed E-state index contributed by atoms with van der Waals surface area (Å²) >= 11 is 3.16. The van der Waals surface area contributed by atoms with Crippen molar-refractivity contribution in [3.8, 4) is 5.75 Å². The maximum Gasteiger partial charge on any atom is 0.335 e. The molecule has 1 N–H and O–H groups in total. The Morgan fingerprint density at radius 2 is 1.71 bits per heavy atom. The van der Waals surface area contributed by atoms with Crippen LogP contribution in [0.1, 0.15) is 13.8 Å². The maximum absolute atomic E-state index is 12.6. The second kappa shape index (κ2) is 9.00. The highest BCUT2D eigenvalue weighted by atomic mass is 79.9. The molecule has 0 amide bonds. The smallest absolute Gasteiger partial charge is 0.335 e. The molecule has 0 radical (unpaired) electrons. The SMILES string of the molecule is CCOC(=O)C(NS(=O)(=O)c1cc(Br)ccc1OC)C(=O)OCC. The van der Waals surface area contributed by atoms with Crippen LogP contribution >= 0.6 is 15.9 Å². The van der Waals surface area contributed by atoms with E-state index in [1.165, 1.54) is 33.1 Å². The van der Waals surface area contributed by atoms with Crippen molar-refractivity contribution < 1.29 is 32.2 Å². The Labute approximate surface area is 148 Å². The zero-order valence-corrected chi connectivity index (χ0v) is 15.8. The van der Waals surface area contributed by atoms with Crippen molar-refractivity contribution in [3.05, 3.63) is 22.7 Å². The molecule has 0 unspecified atom stereocenters. The summed E-state index contributed by atoms with van der Waals surface area (Å²) in [5.74, 6) is -2.04. The zero-order valence-electron chi connectivity index (χ0n) is 13.4. The number of carbonyl (C=O) groups is 2. The van der Waals surface area contributed by atoms with Gasteiger partial charge in [0.2, 0.25) is 16.1 Å². The molecule has 0 atom stereocenters. The Morgan fingerprint density at radius 1 is 1.17 bits per heavy atom. The zero-order chi connectivity index (χ0) is 18.3. The van der Waals surface area contributed by atoms with Crippen LogP contribution in [0.25, 0.3) is 0 Å². The molecule has 24 heavy (non-hydrogen) atoms. The first-order chi connectivity index (χ1) is 11.3. The summed E-state index contributed by atoms with van der Waals surface area (Å²) in [6.07, 6.45) is 0. The minimum Gasteiger partial charge on any atom is -0.495 e. The highest BCUT2D eigenvalue weighted by Gasteiger charge is 2.35. The van der Waals surface area contributed by atoms with Crippen LogP contribution in [0.3, 0.4) is 0 Å². The molecular formula is C14H18BrNO7S. The summed E-state index contributed by atoms with van der Waals surface area (Å²) in [4.78, 5) is 23.6. The number of hydrogen-bond acceptors (Lipinski definition) is 7. The van der Waals surface area contributed by atoms with E-state index in [-0.39, 0.29) is 23.9 Å². The number of carbonyl (C=O) groups excluding carboxylic acids is 2. The lowest BCUT2D eigenvalue weighted by Crippen LogP contribution is -2.48. The lowest BCUT2D eigenvalue weighted by molar-refractivity contribution is -0.157. The Bertz CT molecular complexity index is 687. The van der Waals surface area contributed by atoms with Gasteiger partial charge in [-0.2, -0.15) is 4.72 Å². The van der Waals surface area contributed by atoms with Gasteiger partial charge in [0, 0.05) is 4.47 Å². The van der Waals surface area contributed by atoms with Crippen molar-refractivity contribution in [3.63, 3.8) is 0 Å². The number of methoxy groups -OCH3 is 1. The molecule has 134 valence electrons. The Balaban J connectivity index is 3.22. The van der Waals surface area contributed by atoms with Gasteiger partial charge in [-0.1, -0.05) is 15.9 Å². The van der Waals surface area contributed by atoms with Crippen molar-refractivity contribution >= 4 is 37.9 Å².